The first kappa shape index (κ1) is 15.7. The summed E-state index contributed by atoms with van der Waals surface area (Å²) in [5.41, 5.74) is 1.03. The number of benzene rings is 2. The highest BCUT2D eigenvalue weighted by Crippen LogP contribution is 2.26. The van der Waals surface area contributed by atoms with Gasteiger partial charge in [0.2, 0.25) is 0 Å². The van der Waals surface area contributed by atoms with Crippen molar-refractivity contribution in [2.24, 2.45) is 0 Å². The Morgan fingerprint density at radius 1 is 0.957 bits per heavy atom. The lowest BCUT2D eigenvalue weighted by atomic mass is 10.2. The van der Waals surface area contributed by atoms with Gasteiger partial charge in [0.25, 0.3) is 5.91 Å². The molecule has 0 unspecified atom stereocenters. The lowest BCUT2D eigenvalue weighted by Crippen LogP contribution is -2.50. The number of hydrogen-bond acceptors (Lipinski definition) is 3. The van der Waals surface area contributed by atoms with Gasteiger partial charge in [-0.05, 0) is 24.3 Å². The van der Waals surface area contributed by atoms with Gasteiger partial charge in [-0.1, -0.05) is 41.9 Å². The van der Waals surface area contributed by atoms with E-state index in [1.54, 1.807) is 0 Å². The first-order valence-corrected chi connectivity index (χ1v) is 8.07. The maximum atomic E-state index is 12.2. The van der Waals surface area contributed by atoms with Gasteiger partial charge < -0.3 is 14.5 Å². The molecule has 3 rings (SSSR count). The summed E-state index contributed by atoms with van der Waals surface area (Å²) < 4.78 is 5.53. The standard InChI is InChI=1S/C18H19ClN2O2/c19-16-8-4-5-9-17(16)20-10-12-21(13-11-20)18(22)14-23-15-6-2-1-3-7-15/h1-9H,10-14H2. The summed E-state index contributed by atoms with van der Waals surface area (Å²) >= 11 is 6.23. The van der Waals surface area contributed by atoms with Crippen molar-refractivity contribution in [3.63, 3.8) is 0 Å². The lowest BCUT2D eigenvalue weighted by molar-refractivity contribution is -0.133. The van der Waals surface area contributed by atoms with E-state index in [-0.39, 0.29) is 12.5 Å². The number of rotatable bonds is 4. The summed E-state index contributed by atoms with van der Waals surface area (Å²) in [4.78, 5) is 16.3. The molecule has 1 heterocycles. The molecule has 0 aromatic heterocycles. The number of anilines is 1. The summed E-state index contributed by atoms with van der Waals surface area (Å²) in [7, 11) is 0. The summed E-state index contributed by atoms with van der Waals surface area (Å²) in [5, 5.41) is 0.750. The smallest absolute Gasteiger partial charge is 0.260 e. The normalized spacial score (nSPS) is 14.7. The van der Waals surface area contributed by atoms with Gasteiger partial charge in [0.05, 0.1) is 10.7 Å². The van der Waals surface area contributed by atoms with E-state index in [1.807, 2.05) is 59.5 Å². The fourth-order valence-electron chi connectivity index (χ4n) is 2.66. The van der Waals surface area contributed by atoms with Crippen LogP contribution in [-0.2, 0) is 4.79 Å². The molecule has 1 aliphatic rings. The van der Waals surface area contributed by atoms with Gasteiger partial charge in [-0.15, -0.1) is 0 Å². The van der Waals surface area contributed by atoms with Gasteiger partial charge in [0.1, 0.15) is 5.75 Å². The number of para-hydroxylation sites is 2. The van der Waals surface area contributed by atoms with E-state index in [4.69, 9.17) is 16.3 Å². The Bertz CT molecular complexity index is 655. The van der Waals surface area contributed by atoms with Crippen LogP contribution in [0.5, 0.6) is 5.75 Å². The van der Waals surface area contributed by atoms with Crippen LogP contribution in [0.3, 0.4) is 0 Å². The number of hydrogen-bond donors (Lipinski definition) is 0. The molecule has 0 N–H and O–H groups in total. The van der Waals surface area contributed by atoms with Gasteiger partial charge in [-0.3, -0.25) is 4.79 Å². The molecule has 1 amide bonds. The lowest BCUT2D eigenvalue weighted by Gasteiger charge is -2.36. The molecule has 4 nitrogen and oxygen atoms in total. The summed E-state index contributed by atoms with van der Waals surface area (Å²) in [5.74, 6) is 0.739. The average Bonchev–Trinajstić information content (AvgIpc) is 2.61. The van der Waals surface area contributed by atoms with E-state index in [2.05, 4.69) is 4.90 Å². The monoisotopic (exact) mass is 330 g/mol. The van der Waals surface area contributed by atoms with Crippen LogP contribution in [0.1, 0.15) is 0 Å². The number of ether oxygens (including phenoxy) is 1. The molecule has 1 fully saturated rings. The van der Waals surface area contributed by atoms with Crippen molar-refractivity contribution in [1.82, 2.24) is 4.90 Å². The highest BCUT2D eigenvalue weighted by Gasteiger charge is 2.22. The van der Waals surface area contributed by atoms with E-state index in [0.717, 1.165) is 29.5 Å². The van der Waals surface area contributed by atoms with Gasteiger partial charge >= 0.3 is 0 Å². The molecule has 23 heavy (non-hydrogen) atoms. The Kier molecular flexibility index (Phi) is 5.03. The minimum absolute atomic E-state index is 0.0210. The second-order valence-electron chi connectivity index (χ2n) is 5.42. The van der Waals surface area contributed by atoms with E-state index < -0.39 is 0 Å². The molecule has 120 valence electrons. The largest absolute Gasteiger partial charge is 0.484 e. The molecule has 2 aromatic rings. The first-order valence-electron chi connectivity index (χ1n) is 7.69. The third-order valence-electron chi connectivity index (χ3n) is 3.93. The molecular weight excluding hydrogens is 312 g/mol. The van der Waals surface area contributed by atoms with E-state index in [9.17, 15) is 4.79 Å². The number of carbonyl (C=O) groups is 1. The Morgan fingerprint density at radius 2 is 1.61 bits per heavy atom. The molecule has 1 aliphatic heterocycles. The molecule has 5 heteroatoms. The predicted octanol–water partition coefficient (Wildman–Crippen LogP) is 3.07. The molecule has 1 saturated heterocycles. The number of halogens is 1. The van der Waals surface area contributed by atoms with Gasteiger partial charge in [-0.25, -0.2) is 0 Å². The van der Waals surface area contributed by atoms with Crippen LogP contribution in [0.4, 0.5) is 5.69 Å². The van der Waals surface area contributed by atoms with Crippen LogP contribution in [0, 0.1) is 0 Å². The SMILES string of the molecule is O=C(COc1ccccc1)N1CCN(c2ccccc2Cl)CC1. The van der Waals surface area contributed by atoms with Crippen molar-refractivity contribution < 1.29 is 9.53 Å². The molecule has 2 aromatic carbocycles. The zero-order valence-electron chi connectivity index (χ0n) is 12.8. The highest BCUT2D eigenvalue weighted by atomic mass is 35.5. The zero-order chi connectivity index (χ0) is 16.1. The molecule has 0 aliphatic carbocycles. The Hall–Kier alpha value is -2.20. The van der Waals surface area contributed by atoms with Crippen LogP contribution in [0.2, 0.25) is 5.02 Å². The minimum Gasteiger partial charge on any atom is -0.484 e. The number of nitrogens with zero attached hydrogens (tertiary/aromatic N) is 2. The quantitative estimate of drug-likeness (QED) is 0.863. The topological polar surface area (TPSA) is 32.8 Å². The van der Waals surface area contributed by atoms with Gasteiger partial charge in [0.15, 0.2) is 6.61 Å². The summed E-state index contributed by atoms with van der Waals surface area (Å²) in [6.07, 6.45) is 0. The molecule has 0 spiro atoms. The maximum absolute atomic E-state index is 12.2. The van der Waals surface area contributed by atoms with E-state index in [0.29, 0.717) is 13.1 Å². The second kappa shape index (κ2) is 7.38. The predicted molar refractivity (Wildman–Crippen MR) is 92.2 cm³/mol. The van der Waals surface area contributed by atoms with Crippen molar-refractivity contribution in [2.75, 3.05) is 37.7 Å². The van der Waals surface area contributed by atoms with Crippen molar-refractivity contribution in [3.05, 3.63) is 59.6 Å². The van der Waals surface area contributed by atoms with Crippen LogP contribution in [-0.4, -0.2) is 43.6 Å². The Morgan fingerprint density at radius 3 is 2.30 bits per heavy atom. The van der Waals surface area contributed by atoms with Crippen molar-refractivity contribution >= 4 is 23.2 Å². The average molecular weight is 331 g/mol. The number of amides is 1. The molecule has 0 bridgehead atoms. The molecule has 0 saturated carbocycles. The fraction of sp³-hybridized carbons (Fsp3) is 0.278. The number of piperazine rings is 1. The fourth-order valence-corrected chi connectivity index (χ4v) is 2.91. The maximum Gasteiger partial charge on any atom is 0.260 e. The van der Waals surface area contributed by atoms with Crippen molar-refractivity contribution in [1.29, 1.82) is 0 Å². The van der Waals surface area contributed by atoms with Crippen LogP contribution in [0.25, 0.3) is 0 Å². The van der Waals surface area contributed by atoms with Gasteiger partial charge in [-0.2, -0.15) is 0 Å². The zero-order valence-corrected chi connectivity index (χ0v) is 13.6. The van der Waals surface area contributed by atoms with E-state index in [1.165, 1.54) is 0 Å². The molecule has 0 radical (unpaired) electrons. The molecular formula is C18H19ClN2O2. The van der Waals surface area contributed by atoms with E-state index >= 15 is 0 Å². The van der Waals surface area contributed by atoms with Crippen molar-refractivity contribution in [3.8, 4) is 5.75 Å². The van der Waals surface area contributed by atoms with Crippen LogP contribution in [0.15, 0.2) is 54.6 Å². The highest BCUT2D eigenvalue weighted by molar-refractivity contribution is 6.33. The third-order valence-corrected chi connectivity index (χ3v) is 4.25. The Labute approximate surface area is 141 Å². The van der Waals surface area contributed by atoms with Gasteiger partial charge in [0, 0.05) is 26.2 Å². The summed E-state index contributed by atoms with van der Waals surface area (Å²) in [6.45, 7) is 3.00. The minimum atomic E-state index is 0.0210. The Balaban J connectivity index is 1.50. The van der Waals surface area contributed by atoms with Crippen LogP contribution < -0.4 is 9.64 Å². The second-order valence-corrected chi connectivity index (χ2v) is 5.83. The summed E-state index contributed by atoms with van der Waals surface area (Å²) in [6, 6.07) is 17.2. The number of carbonyl (C=O) groups excluding carboxylic acids is 1. The van der Waals surface area contributed by atoms with Crippen molar-refractivity contribution in [2.45, 2.75) is 0 Å². The first-order chi connectivity index (χ1) is 11.2. The van der Waals surface area contributed by atoms with Crippen LogP contribution >= 0.6 is 11.6 Å². The molecule has 0 atom stereocenters. The third kappa shape index (κ3) is 3.96.